The molecule has 0 unspecified atom stereocenters. The first-order valence-corrected chi connectivity index (χ1v) is 22.2. The number of hydrogen-bond donors (Lipinski definition) is 0. The van der Waals surface area contributed by atoms with Gasteiger partial charge in [0.2, 0.25) is 5.88 Å². The normalized spacial score (nSPS) is 13.2. The summed E-state index contributed by atoms with van der Waals surface area (Å²) in [5, 5.41) is 16.2. The Morgan fingerprint density at radius 1 is 0.397 bits per heavy atom. The molecule has 0 spiro atoms. The highest BCUT2D eigenvalue weighted by Gasteiger charge is 2.46. The van der Waals surface area contributed by atoms with E-state index in [-0.39, 0.29) is 6.71 Å². The second-order valence-electron chi connectivity index (χ2n) is 17.5. The maximum Gasteiger partial charge on any atom is 0.257 e. The first kappa shape index (κ1) is 34.8. The van der Waals surface area contributed by atoms with E-state index in [1.54, 1.807) is 0 Å². The number of aryl methyl sites for hydroxylation is 2. The topological polar surface area (TPSA) is 19.6 Å². The third-order valence-electron chi connectivity index (χ3n) is 14.2. The molecular formula is C59H39BN2O. The van der Waals surface area contributed by atoms with E-state index in [1.807, 2.05) is 0 Å². The monoisotopic (exact) mass is 802 g/mol. The van der Waals surface area contributed by atoms with Gasteiger partial charge in [0.25, 0.3) is 6.71 Å². The first-order valence-electron chi connectivity index (χ1n) is 22.2. The van der Waals surface area contributed by atoms with E-state index < -0.39 is 0 Å². The van der Waals surface area contributed by atoms with Crippen molar-refractivity contribution in [1.82, 2.24) is 0 Å². The van der Waals surface area contributed by atoms with E-state index in [2.05, 4.69) is 212 Å². The highest BCUT2D eigenvalue weighted by molar-refractivity contribution is 7.01. The Hall–Kier alpha value is -7.82. The van der Waals surface area contributed by atoms with Crippen molar-refractivity contribution >= 4 is 133 Å². The van der Waals surface area contributed by atoms with E-state index in [4.69, 9.17) is 4.42 Å². The molecule has 0 aliphatic carbocycles. The van der Waals surface area contributed by atoms with Crippen LogP contribution in [0.3, 0.4) is 0 Å². The lowest BCUT2D eigenvalue weighted by Gasteiger charge is -2.43. The number of anilines is 6. The van der Waals surface area contributed by atoms with Gasteiger partial charge in [-0.15, -0.1) is 0 Å². The summed E-state index contributed by atoms with van der Waals surface area (Å²) >= 11 is 0. The largest absolute Gasteiger partial charge is 0.440 e. The fraction of sp³-hybridized carbons (Fsp3) is 0.0508. The zero-order valence-corrected chi connectivity index (χ0v) is 35.0. The third-order valence-corrected chi connectivity index (χ3v) is 14.2. The van der Waals surface area contributed by atoms with Crippen LogP contribution in [0.2, 0.25) is 0 Å². The van der Waals surface area contributed by atoms with Crippen LogP contribution >= 0.6 is 0 Å². The molecule has 0 saturated heterocycles. The van der Waals surface area contributed by atoms with Gasteiger partial charge in [-0.25, -0.2) is 0 Å². The highest BCUT2D eigenvalue weighted by atomic mass is 16.4. The second-order valence-corrected chi connectivity index (χ2v) is 17.5. The van der Waals surface area contributed by atoms with Crippen molar-refractivity contribution < 1.29 is 4.42 Å². The molecule has 0 amide bonds. The number of benzene rings is 11. The molecule has 0 atom stereocenters. The molecule has 0 N–H and O–H groups in total. The van der Waals surface area contributed by atoms with Gasteiger partial charge < -0.3 is 9.32 Å². The Bertz CT molecular complexity index is 3870. The van der Waals surface area contributed by atoms with Crippen molar-refractivity contribution in [2.24, 2.45) is 0 Å². The SMILES string of the molecule is CCc1ccc2oc3c(c2c1)B1c2cc(C)ccc2N(c2cccc4c5ccccc5c5ccccc5c24)c2cccc(c21)N3c1cccc2c3ccccc3c3ccccc3c12. The summed E-state index contributed by atoms with van der Waals surface area (Å²) < 4.78 is 7.27. The molecule has 14 rings (SSSR count). The molecule has 0 bridgehead atoms. The molecule has 0 fully saturated rings. The van der Waals surface area contributed by atoms with Gasteiger partial charge in [-0.3, -0.25) is 4.90 Å². The van der Waals surface area contributed by atoms with Crippen LogP contribution in [-0.2, 0) is 6.42 Å². The lowest BCUT2D eigenvalue weighted by Crippen LogP contribution is -2.61. The maximum atomic E-state index is 7.27. The quantitative estimate of drug-likeness (QED) is 0.131. The zero-order valence-electron chi connectivity index (χ0n) is 35.0. The summed E-state index contributed by atoms with van der Waals surface area (Å²) in [5.41, 5.74) is 13.1. The van der Waals surface area contributed by atoms with Crippen LogP contribution in [0.4, 0.5) is 34.3 Å². The number of nitrogens with zero attached hydrogens (tertiary/aromatic N) is 2. The van der Waals surface area contributed by atoms with Gasteiger partial charge in [0.1, 0.15) is 5.58 Å². The van der Waals surface area contributed by atoms with Gasteiger partial charge >= 0.3 is 0 Å². The molecule has 294 valence electrons. The molecule has 0 radical (unpaired) electrons. The summed E-state index contributed by atoms with van der Waals surface area (Å²) in [4.78, 5) is 5.04. The molecular weight excluding hydrogens is 763 g/mol. The van der Waals surface area contributed by atoms with E-state index in [1.165, 1.54) is 115 Å². The van der Waals surface area contributed by atoms with Crippen molar-refractivity contribution in [3.63, 3.8) is 0 Å². The van der Waals surface area contributed by atoms with E-state index >= 15 is 0 Å². The average molecular weight is 803 g/mol. The van der Waals surface area contributed by atoms with Crippen LogP contribution in [0.1, 0.15) is 18.1 Å². The summed E-state index contributed by atoms with van der Waals surface area (Å²) in [6.45, 7) is 4.41. The van der Waals surface area contributed by atoms with Crippen molar-refractivity contribution in [2.45, 2.75) is 20.3 Å². The lowest BCUT2D eigenvalue weighted by molar-refractivity contribution is 0.623. The molecule has 12 aromatic rings. The minimum absolute atomic E-state index is 0.0675. The van der Waals surface area contributed by atoms with Crippen LogP contribution in [-0.4, -0.2) is 6.71 Å². The van der Waals surface area contributed by atoms with Crippen LogP contribution < -0.4 is 26.2 Å². The Kier molecular flexibility index (Phi) is 7.11. The van der Waals surface area contributed by atoms with E-state index in [0.29, 0.717) is 0 Å². The minimum Gasteiger partial charge on any atom is -0.440 e. The van der Waals surface area contributed by atoms with Crippen LogP contribution in [0.5, 0.6) is 0 Å². The second kappa shape index (κ2) is 12.9. The van der Waals surface area contributed by atoms with Gasteiger partial charge in [0.05, 0.1) is 11.4 Å². The van der Waals surface area contributed by atoms with Crippen LogP contribution in [0.25, 0.3) is 75.6 Å². The van der Waals surface area contributed by atoms with Crippen LogP contribution in [0.15, 0.2) is 192 Å². The molecule has 11 aromatic carbocycles. The van der Waals surface area contributed by atoms with Gasteiger partial charge in [0.15, 0.2) is 0 Å². The molecule has 0 saturated carbocycles. The molecule has 63 heavy (non-hydrogen) atoms. The average Bonchev–Trinajstić information content (AvgIpc) is 3.72. The fourth-order valence-corrected chi connectivity index (χ4v) is 11.6. The van der Waals surface area contributed by atoms with Crippen molar-refractivity contribution in [3.05, 3.63) is 199 Å². The number of rotatable bonds is 3. The summed E-state index contributed by atoms with van der Waals surface area (Å²) in [5.74, 6) is 0.890. The first-order chi connectivity index (χ1) is 31.2. The summed E-state index contributed by atoms with van der Waals surface area (Å²) in [6.07, 6.45) is 0.946. The zero-order chi connectivity index (χ0) is 41.5. The number of furan rings is 1. The molecule has 2 aliphatic heterocycles. The van der Waals surface area contributed by atoms with Crippen molar-refractivity contribution in [2.75, 3.05) is 9.80 Å². The van der Waals surface area contributed by atoms with Crippen LogP contribution in [0, 0.1) is 6.92 Å². The number of hydrogen-bond acceptors (Lipinski definition) is 3. The minimum atomic E-state index is -0.0675. The molecule has 4 heteroatoms. The van der Waals surface area contributed by atoms with Crippen molar-refractivity contribution in [1.29, 1.82) is 0 Å². The summed E-state index contributed by atoms with van der Waals surface area (Å²) in [7, 11) is 0. The van der Waals surface area contributed by atoms with Gasteiger partial charge in [0, 0.05) is 38.7 Å². The fourth-order valence-electron chi connectivity index (χ4n) is 11.6. The molecule has 2 aliphatic rings. The Labute approximate surface area is 365 Å². The van der Waals surface area contributed by atoms with Gasteiger partial charge in [-0.05, 0) is 126 Å². The lowest BCUT2D eigenvalue weighted by atomic mass is 9.33. The highest BCUT2D eigenvalue weighted by Crippen LogP contribution is 2.51. The standard InChI is InChI=1S/C59H39BN2O/c1-3-36-30-32-54-47(34-36)57-59(63-54)62(51-26-13-24-46-42-18-7-5-16-38(42)40-20-9-11-22-44(40)56(46)51)53-28-14-27-52-58(53)60(57)48-33-35(2)29-31-49(48)61(52)50-25-12-23-45-41-17-6-4-15-37(41)39-19-8-10-21-43(39)55(45)50/h4-34H,3H2,1-2H3. The van der Waals surface area contributed by atoms with Gasteiger partial charge in [-0.2, -0.15) is 0 Å². The van der Waals surface area contributed by atoms with Gasteiger partial charge in [-0.1, -0.05) is 158 Å². The number of fused-ring (bicyclic) bond motifs is 18. The maximum absolute atomic E-state index is 7.27. The van der Waals surface area contributed by atoms with E-state index in [0.717, 1.165) is 29.3 Å². The predicted molar refractivity (Wildman–Crippen MR) is 269 cm³/mol. The molecule has 3 heterocycles. The molecule has 3 nitrogen and oxygen atoms in total. The Balaban J connectivity index is 1.14. The summed E-state index contributed by atoms with van der Waals surface area (Å²) in [6, 6.07) is 70.2. The third kappa shape index (κ3) is 4.65. The Morgan fingerprint density at radius 3 is 1.41 bits per heavy atom. The predicted octanol–water partition coefficient (Wildman–Crippen LogP) is 14.3. The van der Waals surface area contributed by atoms with E-state index in [9.17, 15) is 0 Å². The smallest absolute Gasteiger partial charge is 0.257 e. The van der Waals surface area contributed by atoms with Crippen molar-refractivity contribution in [3.8, 4) is 0 Å². The molecule has 1 aromatic heterocycles. The Morgan fingerprint density at radius 2 is 0.857 bits per heavy atom.